The summed E-state index contributed by atoms with van der Waals surface area (Å²) in [6.07, 6.45) is 6.22. The summed E-state index contributed by atoms with van der Waals surface area (Å²) < 4.78 is 22.8. The van der Waals surface area contributed by atoms with Crippen LogP contribution >= 0.6 is 0 Å². The van der Waals surface area contributed by atoms with Crippen molar-refractivity contribution in [1.82, 2.24) is 25.2 Å². The molecule has 3 saturated heterocycles. The summed E-state index contributed by atoms with van der Waals surface area (Å²) in [6, 6.07) is 11.2. The highest BCUT2D eigenvalue weighted by Crippen LogP contribution is 2.40. The third-order valence-electron chi connectivity index (χ3n) is 8.80. The van der Waals surface area contributed by atoms with Crippen molar-refractivity contribution in [2.45, 2.75) is 44.2 Å². The molecule has 3 aliphatic heterocycles. The van der Waals surface area contributed by atoms with Crippen molar-refractivity contribution in [2.24, 2.45) is 0 Å². The Morgan fingerprint density at radius 3 is 2.74 bits per heavy atom. The number of anilines is 1. The number of ether oxygens (including phenoxy) is 1. The number of hydrogen-bond donors (Lipinski definition) is 2. The number of pyridine rings is 1. The van der Waals surface area contributed by atoms with Crippen molar-refractivity contribution in [1.29, 1.82) is 0 Å². The molecule has 5 heterocycles. The molecule has 0 amide bonds. The summed E-state index contributed by atoms with van der Waals surface area (Å²) >= 11 is 0. The fourth-order valence-electron chi connectivity index (χ4n) is 6.80. The zero-order chi connectivity index (χ0) is 26.6. The molecule has 3 fully saturated rings. The molecule has 0 unspecified atom stereocenters. The Labute approximate surface area is 226 Å². The summed E-state index contributed by atoms with van der Waals surface area (Å²) in [7, 11) is 0. The van der Waals surface area contributed by atoms with E-state index in [1.807, 2.05) is 24.3 Å². The van der Waals surface area contributed by atoms with Gasteiger partial charge in [-0.05, 0) is 68.6 Å². The van der Waals surface area contributed by atoms with Crippen molar-refractivity contribution in [3.8, 4) is 23.0 Å². The van der Waals surface area contributed by atoms with E-state index in [1.54, 1.807) is 18.3 Å². The number of fused-ring (bicyclic) bond motifs is 3. The van der Waals surface area contributed by atoms with Gasteiger partial charge < -0.3 is 20.1 Å². The number of phenols is 1. The highest BCUT2D eigenvalue weighted by molar-refractivity contribution is 5.99. The summed E-state index contributed by atoms with van der Waals surface area (Å²) in [4.78, 5) is 18.8. The van der Waals surface area contributed by atoms with Gasteiger partial charge in [-0.1, -0.05) is 24.3 Å². The van der Waals surface area contributed by atoms with Crippen LogP contribution in [-0.4, -0.2) is 75.9 Å². The number of aromatic hydroxyl groups is 1. The molecule has 8 nitrogen and oxygen atoms in total. The standard InChI is InChI=1S/C30H33FN6O2/c1-19-16-32-10-13-37(19)28-24-17-33-26(23-15-21(38)14-20-6-2-3-7-22(20)23)25(31)27(24)34-29(35-28)39-18-30-8-4-11-36(30)12-5-9-30/h2-3,6-7,14-15,17,19,32,38H,4-5,8-13,16,18H2,1H3/t19-/m0/s1. The minimum absolute atomic E-state index is 0.0310. The Balaban J connectivity index is 1.36. The van der Waals surface area contributed by atoms with Crippen LogP contribution in [0, 0.1) is 5.82 Å². The predicted molar refractivity (Wildman–Crippen MR) is 150 cm³/mol. The Morgan fingerprint density at radius 1 is 1.10 bits per heavy atom. The van der Waals surface area contributed by atoms with Gasteiger partial charge >= 0.3 is 6.01 Å². The van der Waals surface area contributed by atoms with E-state index < -0.39 is 5.82 Å². The van der Waals surface area contributed by atoms with Gasteiger partial charge in [0.1, 0.15) is 29.4 Å². The summed E-state index contributed by atoms with van der Waals surface area (Å²) in [6.45, 7) is 7.21. The second kappa shape index (κ2) is 9.57. The Kier molecular flexibility index (Phi) is 6.01. The number of halogens is 1. The average Bonchev–Trinajstić information content (AvgIpc) is 3.53. The van der Waals surface area contributed by atoms with Crippen LogP contribution in [0.25, 0.3) is 32.9 Å². The van der Waals surface area contributed by atoms with E-state index in [9.17, 15) is 5.11 Å². The Morgan fingerprint density at radius 2 is 1.92 bits per heavy atom. The third-order valence-corrected chi connectivity index (χ3v) is 8.80. The van der Waals surface area contributed by atoms with Gasteiger partial charge in [0.15, 0.2) is 5.82 Å². The highest BCUT2D eigenvalue weighted by atomic mass is 19.1. The minimum Gasteiger partial charge on any atom is -0.508 e. The van der Waals surface area contributed by atoms with E-state index in [-0.39, 0.29) is 34.6 Å². The zero-order valence-corrected chi connectivity index (χ0v) is 22.2. The lowest BCUT2D eigenvalue weighted by Gasteiger charge is -2.35. The van der Waals surface area contributed by atoms with E-state index in [1.165, 1.54) is 12.8 Å². The average molecular weight is 529 g/mol. The molecule has 39 heavy (non-hydrogen) atoms. The van der Waals surface area contributed by atoms with Gasteiger partial charge in [-0.15, -0.1) is 0 Å². The van der Waals surface area contributed by atoms with Crippen LogP contribution in [0.15, 0.2) is 42.6 Å². The second-order valence-electron chi connectivity index (χ2n) is 11.2. The SMILES string of the molecule is C[C@H]1CNCCN1c1nc(OCC23CCCN2CCC3)nc2c(F)c(-c3cc(O)cc4ccccc34)ncc12. The number of phenolic OH excluding ortho intramolecular Hbond substituents is 1. The first-order chi connectivity index (χ1) is 19.0. The Bertz CT molecular complexity index is 1550. The monoisotopic (exact) mass is 528 g/mol. The van der Waals surface area contributed by atoms with Crippen LogP contribution in [0.3, 0.4) is 0 Å². The lowest BCUT2D eigenvalue weighted by molar-refractivity contribution is 0.108. The van der Waals surface area contributed by atoms with E-state index in [0.717, 1.165) is 56.3 Å². The lowest BCUT2D eigenvalue weighted by atomic mass is 9.95. The number of benzene rings is 2. The molecule has 9 heteroatoms. The van der Waals surface area contributed by atoms with Crippen LogP contribution < -0.4 is 15.0 Å². The summed E-state index contributed by atoms with van der Waals surface area (Å²) in [5.74, 6) is 0.167. The molecule has 0 radical (unpaired) electrons. The van der Waals surface area contributed by atoms with Gasteiger partial charge in [-0.25, -0.2) is 4.39 Å². The first-order valence-corrected chi connectivity index (χ1v) is 14.0. The largest absolute Gasteiger partial charge is 0.508 e. The van der Waals surface area contributed by atoms with Gasteiger partial charge in [-0.2, -0.15) is 9.97 Å². The zero-order valence-electron chi connectivity index (χ0n) is 22.2. The summed E-state index contributed by atoms with van der Waals surface area (Å²) in [5, 5.41) is 16.0. The fourth-order valence-corrected chi connectivity index (χ4v) is 6.80. The fraction of sp³-hybridized carbons (Fsp3) is 0.433. The van der Waals surface area contributed by atoms with Gasteiger partial charge in [-0.3, -0.25) is 9.88 Å². The van der Waals surface area contributed by atoms with Crippen molar-refractivity contribution < 1.29 is 14.2 Å². The van der Waals surface area contributed by atoms with E-state index in [4.69, 9.17) is 9.72 Å². The molecule has 0 bridgehead atoms. The van der Waals surface area contributed by atoms with Gasteiger partial charge in [0.05, 0.1) is 10.9 Å². The molecular formula is C30H33FN6O2. The molecular weight excluding hydrogens is 495 g/mol. The molecule has 3 aliphatic rings. The smallest absolute Gasteiger partial charge is 0.319 e. The lowest BCUT2D eigenvalue weighted by Crippen LogP contribution is -2.50. The molecule has 202 valence electrons. The van der Waals surface area contributed by atoms with Crippen molar-refractivity contribution in [3.63, 3.8) is 0 Å². The molecule has 0 aliphatic carbocycles. The molecule has 4 aromatic rings. The van der Waals surface area contributed by atoms with E-state index >= 15 is 4.39 Å². The van der Waals surface area contributed by atoms with Crippen LogP contribution in [0.2, 0.25) is 0 Å². The molecule has 2 N–H and O–H groups in total. The number of hydrogen-bond acceptors (Lipinski definition) is 8. The topological polar surface area (TPSA) is 86.6 Å². The molecule has 1 atom stereocenters. The number of rotatable bonds is 5. The molecule has 7 rings (SSSR count). The van der Waals surface area contributed by atoms with Crippen LogP contribution in [-0.2, 0) is 0 Å². The van der Waals surface area contributed by atoms with E-state index in [2.05, 4.69) is 32.0 Å². The number of aromatic nitrogens is 3. The highest BCUT2D eigenvalue weighted by Gasteiger charge is 2.45. The Hall–Kier alpha value is -3.56. The van der Waals surface area contributed by atoms with Gasteiger partial charge in [0.25, 0.3) is 0 Å². The summed E-state index contributed by atoms with van der Waals surface area (Å²) in [5.41, 5.74) is 0.887. The van der Waals surface area contributed by atoms with Crippen molar-refractivity contribution in [3.05, 3.63) is 48.4 Å². The maximum atomic E-state index is 16.5. The number of piperazine rings is 1. The number of nitrogens with one attached hydrogen (secondary N) is 1. The van der Waals surface area contributed by atoms with Gasteiger partial charge in [0, 0.05) is 37.4 Å². The molecule has 2 aromatic carbocycles. The maximum Gasteiger partial charge on any atom is 0.319 e. The van der Waals surface area contributed by atoms with Gasteiger partial charge in [0.2, 0.25) is 0 Å². The van der Waals surface area contributed by atoms with Crippen LogP contribution in [0.5, 0.6) is 11.8 Å². The predicted octanol–water partition coefficient (Wildman–Crippen LogP) is 4.50. The first-order valence-electron chi connectivity index (χ1n) is 14.0. The van der Waals surface area contributed by atoms with Crippen molar-refractivity contribution >= 4 is 27.5 Å². The molecule has 2 aromatic heterocycles. The molecule has 0 saturated carbocycles. The van der Waals surface area contributed by atoms with Crippen LogP contribution in [0.4, 0.5) is 10.2 Å². The maximum absolute atomic E-state index is 16.5. The normalized spacial score (nSPS) is 21.1. The third kappa shape index (κ3) is 4.15. The van der Waals surface area contributed by atoms with Crippen LogP contribution in [0.1, 0.15) is 32.6 Å². The van der Waals surface area contributed by atoms with E-state index in [0.29, 0.717) is 23.4 Å². The van der Waals surface area contributed by atoms with Crippen molar-refractivity contribution in [2.75, 3.05) is 44.2 Å². The minimum atomic E-state index is -0.541. The first kappa shape index (κ1) is 24.5. The number of nitrogens with zero attached hydrogens (tertiary/aromatic N) is 5. The molecule has 0 spiro atoms. The second-order valence-corrected chi connectivity index (χ2v) is 11.2. The quantitative estimate of drug-likeness (QED) is 0.392.